The van der Waals surface area contributed by atoms with E-state index in [2.05, 4.69) is 38.0 Å². The van der Waals surface area contributed by atoms with Crippen molar-refractivity contribution in [3.63, 3.8) is 0 Å². The lowest BCUT2D eigenvalue weighted by Gasteiger charge is -2.36. The Hall–Kier alpha value is -3.46. The molecule has 0 aromatic carbocycles. The summed E-state index contributed by atoms with van der Waals surface area (Å²) < 4.78 is 3.56. The maximum absolute atomic E-state index is 12.0. The Morgan fingerprint density at radius 3 is 2.71 bits per heavy atom. The van der Waals surface area contributed by atoms with Gasteiger partial charge in [-0.2, -0.15) is 10.2 Å². The van der Waals surface area contributed by atoms with Crippen LogP contribution in [0.15, 0.2) is 47.7 Å². The van der Waals surface area contributed by atoms with E-state index in [1.807, 2.05) is 37.5 Å². The summed E-state index contributed by atoms with van der Waals surface area (Å²) in [5, 5.41) is 8.68. The molecular weight excluding hydrogens is 392 g/mol. The van der Waals surface area contributed by atoms with Gasteiger partial charge in [-0.05, 0) is 43.2 Å². The topological polar surface area (TPSA) is 87.3 Å². The lowest BCUT2D eigenvalue weighted by atomic mass is 10.2. The summed E-state index contributed by atoms with van der Waals surface area (Å²) >= 11 is 0. The first-order valence-corrected chi connectivity index (χ1v) is 10.7. The number of aromatic amines is 1. The molecule has 0 amide bonds. The van der Waals surface area contributed by atoms with Crippen LogP contribution in [0, 0.1) is 6.92 Å². The second kappa shape index (κ2) is 7.99. The van der Waals surface area contributed by atoms with Crippen LogP contribution in [-0.4, -0.2) is 60.4 Å². The minimum absolute atomic E-state index is 0.101. The van der Waals surface area contributed by atoms with Gasteiger partial charge in [-0.1, -0.05) is 6.92 Å². The fraction of sp³-hybridized carbons (Fsp3) is 0.364. The van der Waals surface area contributed by atoms with E-state index in [1.165, 1.54) is 5.69 Å². The van der Waals surface area contributed by atoms with Crippen molar-refractivity contribution in [3.05, 3.63) is 70.2 Å². The lowest BCUT2D eigenvalue weighted by molar-refractivity contribution is 0.250. The van der Waals surface area contributed by atoms with Gasteiger partial charge in [0.25, 0.3) is 5.56 Å². The van der Waals surface area contributed by atoms with E-state index in [9.17, 15) is 4.79 Å². The summed E-state index contributed by atoms with van der Waals surface area (Å²) in [6.07, 6.45) is 6.30. The standard InChI is InChI=1S/C22H26N8O/c1-3-18-22(31)25-21-13-17(15-30(21)26-18)14-27-9-11-28(12-10-27)19-5-6-20(24-16(19)2)29-8-4-7-23-29/h4-8,13,15H,3,9-12,14H2,1-2H3,(H,25,31). The first-order chi connectivity index (χ1) is 15.1. The molecule has 1 saturated heterocycles. The van der Waals surface area contributed by atoms with Crippen LogP contribution in [0.5, 0.6) is 0 Å². The van der Waals surface area contributed by atoms with E-state index >= 15 is 0 Å². The quantitative estimate of drug-likeness (QED) is 0.532. The number of piperazine rings is 1. The van der Waals surface area contributed by atoms with E-state index in [-0.39, 0.29) is 5.56 Å². The number of hydrogen-bond donors (Lipinski definition) is 1. The first-order valence-electron chi connectivity index (χ1n) is 10.7. The highest BCUT2D eigenvalue weighted by Crippen LogP contribution is 2.22. The Kier molecular flexibility index (Phi) is 5.03. The Labute approximate surface area is 179 Å². The monoisotopic (exact) mass is 418 g/mol. The molecule has 5 heterocycles. The smallest absolute Gasteiger partial charge is 0.273 e. The molecule has 1 aliphatic heterocycles. The fourth-order valence-corrected chi connectivity index (χ4v) is 4.18. The SMILES string of the molecule is CCc1nn2cc(CN3CCN(c4ccc(-n5cccn5)nc4C)CC3)cc2[nH]c1=O. The van der Waals surface area contributed by atoms with Crippen LogP contribution in [-0.2, 0) is 13.0 Å². The van der Waals surface area contributed by atoms with Crippen molar-refractivity contribution in [2.24, 2.45) is 0 Å². The molecule has 1 fully saturated rings. The molecule has 1 aliphatic rings. The highest BCUT2D eigenvalue weighted by molar-refractivity contribution is 5.52. The largest absolute Gasteiger partial charge is 0.368 e. The Morgan fingerprint density at radius 2 is 2.00 bits per heavy atom. The van der Waals surface area contributed by atoms with Crippen molar-refractivity contribution < 1.29 is 0 Å². The van der Waals surface area contributed by atoms with Crippen LogP contribution in [0.4, 0.5) is 5.69 Å². The van der Waals surface area contributed by atoms with Gasteiger partial charge in [0, 0.05) is 51.3 Å². The second-order valence-electron chi connectivity index (χ2n) is 7.92. The Balaban J connectivity index is 1.24. The molecule has 4 aromatic rings. The van der Waals surface area contributed by atoms with Crippen molar-refractivity contribution in [3.8, 4) is 5.82 Å². The molecule has 5 rings (SSSR count). The Bertz CT molecular complexity index is 1250. The number of aryl methyl sites for hydroxylation is 2. The van der Waals surface area contributed by atoms with Gasteiger partial charge in [-0.3, -0.25) is 9.69 Å². The molecule has 0 spiro atoms. The number of fused-ring (bicyclic) bond motifs is 1. The third kappa shape index (κ3) is 3.84. The van der Waals surface area contributed by atoms with Crippen molar-refractivity contribution in [1.82, 2.24) is 34.3 Å². The van der Waals surface area contributed by atoms with Gasteiger partial charge in [0.15, 0.2) is 5.82 Å². The number of aromatic nitrogens is 6. The normalized spacial score (nSPS) is 15.1. The van der Waals surface area contributed by atoms with Crippen LogP contribution in [0.25, 0.3) is 11.5 Å². The molecule has 0 bridgehead atoms. The van der Waals surface area contributed by atoms with Crippen LogP contribution in [0.1, 0.15) is 23.9 Å². The maximum atomic E-state index is 12.0. The van der Waals surface area contributed by atoms with E-state index in [1.54, 1.807) is 15.4 Å². The van der Waals surface area contributed by atoms with Crippen molar-refractivity contribution >= 4 is 11.3 Å². The van der Waals surface area contributed by atoms with Gasteiger partial charge in [-0.15, -0.1) is 0 Å². The van der Waals surface area contributed by atoms with Crippen LogP contribution < -0.4 is 10.5 Å². The van der Waals surface area contributed by atoms with E-state index < -0.39 is 0 Å². The van der Waals surface area contributed by atoms with Gasteiger partial charge in [0.05, 0.1) is 11.4 Å². The minimum Gasteiger partial charge on any atom is -0.368 e. The number of pyridine rings is 1. The van der Waals surface area contributed by atoms with Gasteiger partial charge in [0.2, 0.25) is 0 Å². The van der Waals surface area contributed by atoms with Crippen LogP contribution in [0.3, 0.4) is 0 Å². The number of hydrogen-bond acceptors (Lipinski definition) is 6. The van der Waals surface area contributed by atoms with E-state index in [0.29, 0.717) is 12.1 Å². The predicted octanol–water partition coefficient (Wildman–Crippen LogP) is 1.80. The average Bonchev–Trinajstić information content (AvgIpc) is 3.43. The molecule has 9 nitrogen and oxygen atoms in total. The van der Waals surface area contributed by atoms with Crippen LogP contribution >= 0.6 is 0 Å². The summed E-state index contributed by atoms with van der Waals surface area (Å²) in [6, 6.07) is 8.08. The van der Waals surface area contributed by atoms with Crippen molar-refractivity contribution in [1.29, 1.82) is 0 Å². The molecule has 9 heteroatoms. The van der Waals surface area contributed by atoms with E-state index in [4.69, 9.17) is 4.98 Å². The molecule has 31 heavy (non-hydrogen) atoms. The number of anilines is 1. The highest BCUT2D eigenvalue weighted by Gasteiger charge is 2.20. The molecule has 0 unspecified atom stereocenters. The lowest BCUT2D eigenvalue weighted by Crippen LogP contribution is -2.46. The molecule has 0 atom stereocenters. The third-order valence-corrected chi connectivity index (χ3v) is 5.83. The molecule has 0 saturated carbocycles. The van der Waals surface area contributed by atoms with Crippen molar-refractivity contribution in [2.75, 3.05) is 31.1 Å². The summed E-state index contributed by atoms with van der Waals surface area (Å²) in [5.74, 6) is 0.837. The zero-order chi connectivity index (χ0) is 21.4. The summed E-state index contributed by atoms with van der Waals surface area (Å²) in [7, 11) is 0. The van der Waals surface area contributed by atoms with Gasteiger partial charge in [0.1, 0.15) is 11.3 Å². The maximum Gasteiger partial charge on any atom is 0.273 e. The number of nitrogens with zero attached hydrogens (tertiary/aromatic N) is 7. The molecule has 1 N–H and O–H groups in total. The summed E-state index contributed by atoms with van der Waals surface area (Å²) in [4.78, 5) is 24.5. The van der Waals surface area contributed by atoms with Gasteiger partial charge in [-0.25, -0.2) is 14.2 Å². The fourth-order valence-electron chi connectivity index (χ4n) is 4.18. The molecule has 0 aliphatic carbocycles. The van der Waals surface area contributed by atoms with E-state index in [0.717, 1.165) is 55.4 Å². The first kappa shape index (κ1) is 19.5. The summed E-state index contributed by atoms with van der Waals surface area (Å²) in [5.41, 5.74) is 4.56. The zero-order valence-corrected chi connectivity index (χ0v) is 17.8. The molecule has 160 valence electrons. The predicted molar refractivity (Wildman–Crippen MR) is 119 cm³/mol. The van der Waals surface area contributed by atoms with Crippen molar-refractivity contribution in [2.45, 2.75) is 26.8 Å². The molecule has 4 aromatic heterocycles. The number of rotatable bonds is 5. The average molecular weight is 419 g/mol. The van der Waals surface area contributed by atoms with Gasteiger partial charge >= 0.3 is 0 Å². The number of nitrogens with one attached hydrogen (secondary N) is 1. The summed E-state index contributed by atoms with van der Waals surface area (Å²) in [6.45, 7) is 8.68. The minimum atomic E-state index is -0.101. The zero-order valence-electron chi connectivity index (χ0n) is 17.8. The molecule has 0 radical (unpaired) electrons. The van der Waals surface area contributed by atoms with Gasteiger partial charge < -0.3 is 9.88 Å². The highest BCUT2D eigenvalue weighted by atomic mass is 16.1. The second-order valence-corrected chi connectivity index (χ2v) is 7.92. The van der Waals surface area contributed by atoms with Crippen LogP contribution in [0.2, 0.25) is 0 Å². The number of H-pyrrole nitrogens is 1. The molecular formula is C22H26N8O. The Morgan fingerprint density at radius 1 is 1.16 bits per heavy atom. The third-order valence-electron chi connectivity index (χ3n) is 5.83.